The lowest BCUT2D eigenvalue weighted by molar-refractivity contribution is -0.121. The van der Waals surface area contributed by atoms with Crippen molar-refractivity contribution in [3.63, 3.8) is 0 Å². The Hall–Kier alpha value is -1.48. The molecule has 0 radical (unpaired) electrons. The number of carbonyl (C=O) groups excluding carboxylic acids is 1. The van der Waals surface area contributed by atoms with Crippen molar-refractivity contribution in [1.29, 1.82) is 0 Å². The van der Waals surface area contributed by atoms with E-state index in [1.165, 1.54) is 0 Å². The zero-order valence-electron chi connectivity index (χ0n) is 10.7. The number of aryl methyl sites for hydroxylation is 1. The molecule has 106 valence electrons. The molecule has 0 saturated carbocycles. The molecule has 0 spiro atoms. The second-order valence-corrected chi connectivity index (χ2v) is 6.83. The zero-order valence-corrected chi connectivity index (χ0v) is 11.5. The van der Waals surface area contributed by atoms with E-state index >= 15 is 0 Å². The highest BCUT2D eigenvalue weighted by molar-refractivity contribution is 7.91. The van der Waals surface area contributed by atoms with Gasteiger partial charge < -0.3 is 15.2 Å². The van der Waals surface area contributed by atoms with Crippen molar-refractivity contribution in [2.75, 3.05) is 18.1 Å². The third-order valence-electron chi connectivity index (χ3n) is 2.98. The molecule has 1 saturated heterocycles. The van der Waals surface area contributed by atoms with Crippen molar-refractivity contribution in [2.24, 2.45) is 7.05 Å². The lowest BCUT2D eigenvalue weighted by Crippen LogP contribution is -2.47. The summed E-state index contributed by atoms with van der Waals surface area (Å²) < 4.78 is 24.6. The van der Waals surface area contributed by atoms with E-state index in [0.717, 1.165) is 0 Å². The number of hydrogen-bond donors (Lipinski definition) is 2. The zero-order chi connectivity index (χ0) is 13.9. The lowest BCUT2D eigenvalue weighted by atomic mass is 10.2. The van der Waals surface area contributed by atoms with Gasteiger partial charge in [0.2, 0.25) is 5.91 Å². The first kappa shape index (κ1) is 13.9. The maximum atomic E-state index is 11.7. The predicted octanol–water partition coefficient (Wildman–Crippen LogP) is -1.79. The van der Waals surface area contributed by atoms with Crippen molar-refractivity contribution < 1.29 is 13.2 Å². The van der Waals surface area contributed by atoms with E-state index in [2.05, 4.69) is 20.8 Å². The molecule has 19 heavy (non-hydrogen) atoms. The molecule has 2 rings (SSSR count). The molecule has 0 aliphatic carbocycles. The van der Waals surface area contributed by atoms with Crippen molar-refractivity contribution in [3.8, 4) is 0 Å². The first-order valence-electron chi connectivity index (χ1n) is 6.00. The molecule has 1 atom stereocenters. The van der Waals surface area contributed by atoms with Gasteiger partial charge in [0.1, 0.15) is 6.33 Å². The van der Waals surface area contributed by atoms with Crippen LogP contribution < -0.4 is 10.6 Å². The molecule has 1 unspecified atom stereocenters. The van der Waals surface area contributed by atoms with Gasteiger partial charge in [0, 0.05) is 26.1 Å². The van der Waals surface area contributed by atoms with Crippen LogP contribution in [0.4, 0.5) is 0 Å². The van der Waals surface area contributed by atoms with E-state index in [0.29, 0.717) is 12.4 Å². The second kappa shape index (κ2) is 5.66. The Morgan fingerprint density at radius 2 is 2.42 bits per heavy atom. The number of hydrogen-bond acceptors (Lipinski definition) is 6. The maximum Gasteiger partial charge on any atom is 0.221 e. The van der Waals surface area contributed by atoms with Gasteiger partial charge in [-0.25, -0.2) is 8.42 Å². The number of carbonyl (C=O) groups is 1. The van der Waals surface area contributed by atoms with E-state index in [-0.39, 0.29) is 36.4 Å². The Balaban J connectivity index is 1.80. The van der Waals surface area contributed by atoms with Gasteiger partial charge in [-0.05, 0) is 0 Å². The molecule has 2 N–H and O–H groups in total. The molecule has 1 aromatic rings. The number of aromatic nitrogens is 3. The van der Waals surface area contributed by atoms with Gasteiger partial charge in [-0.15, -0.1) is 10.2 Å². The predicted molar refractivity (Wildman–Crippen MR) is 67.9 cm³/mol. The minimum atomic E-state index is -3.01. The molecule has 1 aliphatic rings. The van der Waals surface area contributed by atoms with Crippen LogP contribution in [0.2, 0.25) is 0 Å². The van der Waals surface area contributed by atoms with Crippen LogP contribution in [-0.4, -0.2) is 53.2 Å². The summed E-state index contributed by atoms with van der Waals surface area (Å²) in [5.74, 6) is 0.615. The molecular formula is C10H17N5O3S. The number of amides is 1. The average molecular weight is 287 g/mol. The van der Waals surface area contributed by atoms with Gasteiger partial charge in [-0.3, -0.25) is 4.79 Å². The lowest BCUT2D eigenvalue weighted by Gasteiger charge is -2.23. The molecule has 2 heterocycles. The van der Waals surface area contributed by atoms with Crippen LogP contribution in [0, 0.1) is 0 Å². The Kier molecular flexibility index (Phi) is 4.15. The molecule has 1 fully saturated rings. The van der Waals surface area contributed by atoms with E-state index in [1.807, 2.05) is 0 Å². The van der Waals surface area contributed by atoms with Crippen LogP contribution in [0.3, 0.4) is 0 Å². The third kappa shape index (κ3) is 4.00. The quantitative estimate of drug-likeness (QED) is 0.677. The summed E-state index contributed by atoms with van der Waals surface area (Å²) in [5.41, 5.74) is 0. The van der Waals surface area contributed by atoms with E-state index in [1.54, 1.807) is 17.9 Å². The largest absolute Gasteiger partial charge is 0.349 e. The Morgan fingerprint density at radius 1 is 1.63 bits per heavy atom. The summed E-state index contributed by atoms with van der Waals surface area (Å²) in [7, 11) is -1.22. The summed E-state index contributed by atoms with van der Waals surface area (Å²) in [6.45, 7) is 0.693. The van der Waals surface area contributed by atoms with Crippen molar-refractivity contribution >= 4 is 15.7 Å². The number of nitrogens with one attached hydrogen (secondary N) is 2. The molecule has 8 nitrogen and oxygen atoms in total. The average Bonchev–Trinajstić information content (AvgIpc) is 2.71. The van der Waals surface area contributed by atoms with Crippen LogP contribution in [0.15, 0.2) is 6.33 Å². The molecule has 1 aromatic heterocycles. The highest BCUT2D eigenvalue weighted by atomic mass is 32.2. The molecule has 0 bridgehead atoms. The van der Waals surface area contributed by atoms with Gasteiger partial charge in [0.05, 0.1) is 18.1 Å². The summed E-state index contributed by atoms with van der Waals surface area (Å²) in [4.78, 5) is 11.7. The van der Waals surface area contributed by atoms with Gasteiger partial charge in [0.15, 0.2) is 15.7 Å². The van der Waals surface area contributed by atoms with Crippen molar-refractivity contribution in [3.05, 3.63) is 12.2 Å². The summed E-state index contributed by atoms with van der Waals surface area (Å²) in [6, 6.07) is -0.307. The molecular weight excluding hydrogens is 270 g/mol. The maximum absolute atomic E-state index is 11.7. The van der Waals surface area contributed by atoms with Crippen LogP contribution in [0.25, 0.3) is 0 Å². The first-order valence-corrected chi connectivity index (χ1v) is 7.82. The van der Waals surface area contributed by atoms with Gasteiger partial charge >= 0.3 is 0 Å². The van der Waals surface area contributed by atoms with Gasteiger partial charge in [0.25, 0.3) is 0 Å². The van der Waals surface area contributed by atoms with Gasteiger partial charge in [-0.2, -0.15) is 0 Å². The van der Waals surface area contributed by atoms with Crippen molar-refractivity contribution in [2.45, 2.75) is 19.0 Å². The monoisotopic (exact) mass is 287 g/mol. The van der Waals surface area contributed by atoms with E-state index in [4.69, 9.17) is 0 Å². The molecule has 0 aromatic carbocycles. The van der Waals surface area contributed by atoms with Gasteiger partial charge in [-0.1, -0.05) is 0 Å². The van der Waals surface area contributed by atoms with Crippen LogP contribution >= 0.6 is 0 Å². The highest BCUT2D eigenvalue weighted by Crippen LogP contribution is 2.05. The molecule has 9 heteroatoms. The van der Waals surface area contributed by atoms with E-state index in [9.17, 15) is 13.2 Å². The minimum Gasteiger partial charge on any atom is -0.349 e. The Labute approximate surface area is 111 Å². The number of rotatable bonds is 4. The van der Waals surface area contributed by atoms with Crippen LogP contribution in [0.5, 0.6) is 0 Å². The summed E-state index contributed by atoms with van der Waals surface area (Å²) >= 11 is 0. The summed E-state index contributed by atoms with van der Waals surface area (Å²) in [6.07, 6.45) is 1.70. The molecule has 1 amide bonds. The fraction of sp³-hybridized carbons (Fsp3) is 0.700. The fourth-order valence-electron chi connectivity index (χ4n) is 1.94. The Bertz CT molecular complexity index is 553. The number of nitrogens with zero attached hydrogens (tertiary/aromatic N) is 3. The third-order valence-corrected chi connectivity index (χ3v) is 4.72. The minimum absolute atomic E-state index is 0.0182. The fourth-order valence-corrected chi connectivity index (χ4v) is 3.38. The van der Waals surface area contributed by atoms with Crippen molar-refractivity contribution in [1.82, 2.24) is 25.4 Å². The normalized spacial score (nSPS) is 22.1. The SMILES string of the molecule is Cn1cnnc1CNC(=O)CC1CS(=O)(=O)CCN1. The van der Waals surface area contributed by atoms with Crippen LogP contribution in [-0.2, 0) is 28.2 Å². The summed E-state index contributed by atoms with van der Waals surface area (Å²) in [5, 5.41) is 13.3. The standard InChI is InChI=1S/C10H17N5O3S/c1-15-7-13-14-9(15)5-12-10(16)4-8-6-19(17,18)3-2-11-8/h7-8,11H,2-6H2,1H3,(H,12,16). The van der Waals surface area contributed by atoms with Crippen LogP contribution in [0.1, 0.15) is 12.2 Å². The Morgan fingerprint density at radius 3 is 3.05 bits per heavy atom. The first-order chi connectivity index (χ1) is 8.96. The smallest absolute Gasteiger partial charge is 0.221 e. The number of sulfone groups is 1. The topological polar surface area (TPSA) is 106 Å². The molecule has 1 aliphatic heterocycles. The highest BCUT2D eigenvalue weighted by Gasteiger charge is 2.25. The van der Waals surface area contributed by atoms with E-state index < -0.39 is 9.84 Å². The second-order valence-electron chi connectivity index (χ2n) is 4.60.